The van der Waals surface area contributed by atoms with Crippen molar-refractivity contribution in [2.24, 2.45) is 5.10 Å². The van der Waals surface area contributed by atoms with Crippen LogP contribution in [0.4, 0.5) is 5.69 Å². The molecule has 0 aromatic heterocycles. The Labute approximate surface area is 192 Å². The SMILES string of the molecule is Cc1ccc(N(CC(=O)N/N=C\c2ccccc2C(=O)O)S(=O)(=O)c2ccccc2)cc1C. The molecule has 0 unspecified atom stereocenters. The maximum atomic E-state index is 13.3. The van der Waals surface area contributed by atoms with Gasteiger partial charge in [0.15, 0.2) is 0 Å². The van der Waals surface area contributed by atoms with Crippen molar-refractivity contribution in [3.63, 3.8) is 0 Å². The highest BCUT2D eigenvalue weighted by Crippen LogP contribution is 2.25. The zero-order valence-corrected chi connectivity index (χ0v) is 18.9. The first-order chi connectivity index (χ1) is 15.7. The molecule has 0 fully saturated rings. The van der Waals surface area contributed by atoms with E-state index >= 15 is 0 Å². The summed E-state index contributed by atoms with van der Waals surface area (Å²) in [6.07, 6.45) is 1.20. The van der Waals surface area contributed by atoms with Gasteiger partial charge in [-0.05, 0) is 55.3 Å². The van der Waals surface area contributed by atoms with Crippen LogP contribution in [0.3, 0.4) is 0 Å². The number of rotatable bonds is 8. The minimum absolute atomic E-state index is 0.0268. The predicted octanol–water partition coefficient (Wildman–Crippen LogP) is 3.35. The van der Waals surface area contributed by atoms with Crippen LogP contribution in [-0.4, -0.2) is 38.2 Å². The maximum absolute atomic E-state index is 13.3. The number of hydrogen-bond acceptors (Lipinski definition) is 5. The third-order valence-corrected chi connectivity index (χ3v) is 6.77. The lowest BCUT2D eigenvalue weighted by Crippen LogP contribution is -2.39. The van der Waals surface area contributed by atoms with Gasteiger partial charge in [-0.3, -0.25) is 9.10 Å². The van der Waals surface area contributed by atoms with Crippen molar-refractivity contribution in [3.8, 4) is 0 Å². The number of carbonyl (C=O) groups is 2. The molecule has 3 aromatic rings. The quantitative estimate of drug-likeness (QED) is 0.391. The highest BCUT2D eigenvalue weighted by Gasteiger charge is 2.27. The Bertz CT molecular complexity index is 1300. The lowest BCUT2D eigenvalue weighted by Gasteiger charge is -2.24. The standard InChI is InChI=1S/C24H23N3O5S/c1-17-12-13-20(14-18(17)2)27(33(31,32)21-9-4-3-5-10-21)16-23(28)26-25-15-19-8-6-7-11-22(19)24(29)30/h3-15H,16H2,1-2H3,(H,26,28)(H,29,30)/b25-15-. The van der Waals surface area contributed by atoms with Crippen molar-refractivity contribution in [2.75, 3.05) is 10.8 Å². The van der Waals surface area contributed by atoms with Crippen molar-refractivity contribution in [2.45, 2.75) is 18.7 Å². The number of aryl methyl sites for hydroxylation is 2. The number of anilines is 1. The number of carboxylic acid groups (broad SMARTS) is 1. The summed E-state index contributed by atoms with van der Waals surface area (Å²) in [4.78, 5) is 24.0. The monoisotopic (exact) mass is 465 g/mol. The summed E-state index contributed by atoms with van der Waals surface area (Å²) in [7, 11) is -4.03. The van der Waals surface area contributed by atoms with E-state index in [1.807, 2.05) is 13.8 Å². The second-order valence-corrected chi connectivity index (χ2v) is 9.14. The van der Waals surface area contributed by atoms with E-state index in [9.17, 15) is 23.1 Å². The van der Waals surface area contributed by atoms with Crippen molar-refractivity contribution in [1.82, 2.24) is 5.43 Å². The molecule has 8 nitrogen and oxygen atoms in total. The molecule has 0 bridgehead atoms. The number of hydrogen-bond donors (Lipinski definition) is 2. The molecular formula is C24H23N3O5S. The van der Waals surface area contributed by atoms with Gasteiger partial charge in [0, 0.05) is 5.56 Å². The van der Waals surface area contributed by atoms with Gasteiger partial charge in [0.25, 0.3) is 15.9 Å². The van der Waals surface area contributed by atoms with Gasteiger partial charge in [-0.25, -0.2) is 18.6 Å². The zero-order chi connectivity index (χ0) is 24.0. The molecule has 9 heteroatoms. The number of carbonyl (C=O) groups excluding carboxylic acids is 1. The highest BCUT2D eigenvalue weighted by molar-refractivity contribution is 7.92. The second kappa shape index (κ2) is 10.1. The molecule has 0 aliphatic rings. The van der Waals surface area contributed by atoms with E-state index < -0.39 is 28.4 Å². The van der Waals surface area contributed by atoms with E-state index in [0.717, 1.165) is 15.4 Å². The molecular weight excluding hydrogens is 442 g/mol. The first kappa shape index (κ1) is 23.7. The molecule has 1 amide bonds. The molecule has 3 aromatic carbocycles. The topological polar surface area (TPSA) is 116 Å². The van der Waals surface area contributed by atoms with E-state index in [1.165, 1.54) is 24.4 Å². The van der Waals surface area contributed by atoms with E-state index in [1.54, 1.807) is 54.6 Å². The minimum atomic E-state index is -4.03. The first-order valence-corrected chi connectivity index (χ1v) is 11.4. The molecule has 0 saturated carbocycles. The van der Waals surface area contributed by atoms with Crippen LogP contribution in [0.1, 0.15) is 27.0 Å². The third kappa shape index (κ3) is 5.64. The van der Waals surface area contributed by atoms with Gasteiger partial charge in [-0.1, -0.05) is 42.5 Å². The van der Waals surface area contributed by atoms with Gasteiger partial charge in [-0.15, -0.1) is 0 Å². The summed E-state index contributed by atoms with van der Waals surface area (Å²) in [6, 6.07) is 19.2. The number of amides is 1. The fraction of sp³-hybridized carbons (Fsp3) is 0.125. The summed E-state index contributed by atoms with van der Waals surface area (Å²) >= 11 is 0. The highest BCUT2D eigenvalue weighted by atomic mass is 32.2. The molecule has 170 valence electrons. The van der Waals surface area contributed by atoms with Crippen LogP contribution >= 0.6 is 0 Å². The number of sulfonamides is 1. The Balaban J connectivity index is 1.87. The molecule has 0 saturated heterocycles. The molecule has 3 rings (SSSR count). The second-order valence-electron chi connectivity index (χ2n) is 7.28. The Morgan fingerprint density at radius 3 is 2.30 bits per heavy atom. The van der Waals surface area contributed by atoms with E-state index in [2.05, 4.69) is 10.5 Å². The third-order valence-electron chi connectivity index (χ3n) is 4.98. The summed E-state index contributed by atoms with van der Waals surface area (Å²) in [6.45, 7) is 3.25. The van der Waals surface area contributed by atoms with Crippen LogP contribution in [0.25, 0.3) is 0 Å². The fourth-order valence-corrected chi connectivity index (χ4v) is 4.49. The summed E-state index contributed by atoms with van der Waals surface area (Å²) in [5, 5.41) is 13.0. The van der Waals surface area contributed by atoms with Gasteiger partial charge < -0.3 is 5.11 Å². The van der Waals surface area contributed by atoms with Crippen LogP contribution in [-0.2, 0) is 14.8 Å². The van der Waals surface area contributed by atoms with Crippen molar-refractivity contribution >= 4 is 33.8 Å². The Morgan fingerprint density at radius 2 is 1.64 bits per heavy atom. The van der Waals surface area contributed by atoms with Crippen LogP contribution in [0.5, 0.6) is 0 Å². The maximum Gasteiger partial charge on any atom is 0.336 e. The Hall–Kier alpha value is -3.98. The minimum Gasteiger partial charge on any atom is -0.478 e. The fourth-order valence-electron chi connectivity index (χ4n) is 3.06. The molecule has 0 atom stereocenters. The van der Waals surface area contributed by atoms with E-state index in [4.69, 9.17) is 0 Å². The smallest absolute Gasteiger partial charge is 0.336 e. The summed E-state index contributed by atoms with van der Waals surface area (Å²) in [5.41, 5.74) is 4.82. The number of hydrazone groups is 1. The molecule has 0 aliphatic heterocycles. The Kier molecular flexibility index (Phi) is 7.24. The molecule has 0 aliphatic carbocycles. The van der Waals surface area contributed by atoms with Crippen molar-refractivity contribution in [1.29, 1.82) is 0 Å². The van der Waals surface area contributed by atoms with Gasteiger partial charge in [0.05, 0.1) is 22.4 Å². The van der Waals surface area contributed by atoms with E-state index in [-0.39, 0.29) is 10.5 Å². The van der Waals surface area contributed by atoms with Gasteiger partial charge in [-0.2, -0.15) is 5.10 Å². The number of carboxylic acids is 1. The van der Waals surface area contributed by atoms with Crippen LogP contribution in [0.15, 0.2) is 82.8 Å². The lowest BCUT2D eigenvalue weighted by molar-refractivity contribution is -0.119. The summed E-state index contributed by atoms with van der Waals surface area (Å²) in [5.74, 6) is -1.81. The molecule has 0 spiro atoms. The first-order valence-electron chi connectivity index (χ1n) is 9.99. The van der Waals surface area contributed by atoms with Crippen LogP contribution < -0.4 is 9.73 Å². The average Bonchev–Trinajstić information content (AvgIpc) is 2.80. The zero-order valence-electron chi connectivity index (χ0n) is 18.1. The normalized spacial score (nSPS) is 11.3. The van der Waals surface area contributed by atoms with Gasteiger partial charge >= 0.3 is 5.97 Å². The van der Waals surface area contributed by atoms with Crippen LogP contribution in [0, 0.1) is 13.8 Å². The lowest BCUT2D eigenvalue weighted by atomic mass is 10.1. The Morgan fingerprint density at radius 1 is 0.970 bits per heavy atom. The predicted molar refractivity (Wildman–Crippen MR) is 126 cm³/mol. The molecule has 33 heavy (non-hydrogen) atoms. The number of aromatic carboxylic acids is 1. The number of benzene rings is 3. The molecule has 0 heterocycles. The average molecular weight is 466 g/mol. The van der Waals surface area contributed by atoms with Crippen molar-refractivity contribution < 1.29 is 23.1 Å². The van der Waals surface area contributed by atoms with Gasteiger partial charge in [0.1, 0.15) is 6.54 Å². The van der Waals surface area contributed by atoms with Crippen LogP contribution in [0.2, 0.25) is 0 Å². The van der Waals surface area contributed by atoms with Gasteiger partial charge in [0.2, 0.25) is 0 Å². The van der Waals surface area contributed by atoms with E-state index in [0.29, 0.717) is 11.3 Å². The largest absolute Gasteiger partial charge is 0.478 e. The molecule has 2 N–H and O–H groups in total. The summed E-state index contributed by atoms with van der Waals surface area (Å²) < 4.78 is 27.7. The number of nitrogens with one attached hydrogen (secondary N) is 1. The molecule has 0 radical (unpaired) electrons. The van der Waals surface area contributed by atoms with Crippen molar-refractivity contribution in [3.05, 3.63) is 95.1 Å². The number of nitrogens with zero attached hydrogens (tertiary/aromatic N) is 2.